The number of nitrogens with zero attached hydrogens (tertiary/aromatic N) is 2. The van der Waals surface area contributed by atoms with E-state index in [2.05, 4.69) is 29.1 Å². The zero-order valence-electron chi connectivity index (χ0n) is 8.79. The van der Waals surface area contributed by atoms with Gasteiger partial charge in [-0.15, -0.1) is 11.3 Å². The monoisotopic (exact) mass is 211 g/mol. The molecule has 1 aliphatic heterocycles. The van der Waals surface area contributed by atoms with Gasteiger partial charge in [0.2, 0.25) is 0 Å². The van der Waals surface area contributed by atoms with Crippen LogP contribution in [0.1, 0.15) is 32.4 Å². The molecule has 0 bridgehead atoms. The minimum atomic E-state index is 0.268. The summed E-state index contributed by atoms with van der Waals surface area (Å²) in [6.45, 7) is 6.24. The van der Waals surface area contributed by atoms with Crippen LogP contribution in [0, 0.1) is 0 Å². The quantitative estimate of drug-likeness (QED) is 0.813. The normalized spacial score (nSPS) is 20.4. The van der Waals surface area contributed by atoms with Crippen LogP contribution in [-0.4, -0.2) is 17.1 Å². The van der Waals surface area contributed by atoms with E-state index in [1.165, 1.54) is 12.8 Å². The van der Waals surface area contributed by atoms with Gasteiger partial charge < -0.3 is 10.6 Å². The van der Waals surface area contributed by atoms with Gasteiger partial charge in [-0.25, -0.2) is 4.98 Å². The van der Waals surface area contributed by atoms with E-state index < -0.39 is 0 Å². The van der Waals surface area contributed by atoms with Crippen molar-refractivity contribution in [2.45, 2.75) is 38.8 Å². The SMILES string of the molecule is CC1(C)CCCN1c1nc(CN)cs1. The number of nitrogens with two attached hydrogens (primary N) is 1. The second kappa shape index (κ2) is 3.51. The molecule has 78 valence electrons. The van der Waals surface area contributed by atoms with E-state index in [0.29, 0.717) is 6.54 Å². The smallest absolute Gasteiger partial charge is 0.185 e. The van der Waals surface area contributed by atoms with Crippen molar-refractivity contribution >= 4 is 16.5 Å². The molecule has 0 spiro atoms. The summed E-state index contributed by atoms with van der Waals surface area (Å²) in [6, 6.07) is 0. The Morgan fingerprint density at radius 1 is 1.64 bits per heavy atom. The second-order valence-corrected chi connectivity index (χ2v) is 5.23. The Morgan fingerprint density at radius 2 is 2.43 bits per heavy atom. The van der Waals surface area contributed by atoms with Crippen molar-refractivity contribution < 1.29 is 0 Å². The molecule has 1 aromatic rings. The molecule has 0 unspecified atom stereocenters. The molecule has 0 aliphatic carbocycles. The van der Waals surface area contributed by atoms with Crippen LogP contribution < -0.4 is 10.6 Å². The molecule has 0 aromatic carbocycles. The molecular formula is C10H17N3S. The molecule has 2 heterocycles. The van der Waals surface area contributed by atoms with E-state index in [-0.39, 0.29) is 5.54 Å². The zero-order valence-corrected chi connectivity index (χ0v) is 9.60. The lowest BCUT2D eigenvalue weighted by Crippen LogP contribution is -2.38. The van der Waals surface area contributed by atoms with E-state index in [0.717, 1.165) is 17.4 Å². The Labute approximate surface area is 88.9 Å². The summed E-state index contributed by atoms with van der Waals surface area (Å²) in [5.41, 5.74) is 6.83. The maximum atomic E-state index is 5.56. The van der Waals surface area contributed by atoms with Gasteiger partial charge in [-0.2, -0.15) is 0 Å². The first kappa shape index (κ1) is 9.93. The van der Waals surface area contributed by atoms with Gasteiger partial charge in [0.15, 0.2) is 5.13 Å². The van der Waals surface area contributed by atoms with Crippen molar-refractivity contribution in [3.8, 4) is 0 Å². The van der Waals surface area contributed by atoms with Gasteiger partial charge in [0.05, 0.1) is 5.69 Å². The molecular weight excluding hydrogens is 194 g/mol. The van der Waals surface area contributed by atoms with Gasteiger partial charge in [-0.3, -0.25) is 0 Å². The minimum Gasteiger partial charge on any atom is -0.343 e. The largest absolute Gasteiger partial charge is 0.343 e. The summed E-state index contributed by atoms with van der Waals surface area (Å²) >= 11 is 1.71. The first-order valence-corrected chi connectivity index (χ1v) is 5.93. The van der Waals surface area contributed by atoms with Crippen LogP contribution in [0.2, 0.25) is 0 Å². The summed E-state index contributed by atoms with van der Waals surface area (Å²) in [5, 5.41) is 3.19. The lowest BCUT2D eigenvalue weighted by molar-refractivity contribution is 0.517. The molecule has 14 heavy (non-hydrogen) atoms. The molecule has 0 atom stereocenters. The zero-order chi connectivity index (χ0) is 10.2. The standard InChI is InChI=1S/C10H17N3S/c1-10(2)4-3-5-13(10)9-12-8(6-11)7-14-9/h7H,3-6,11H2,1-2H3. The fourth-order valence-corrected chi connectivity index (χ4v) is 3.00. The van der Waals surface area contributed by atoms with Crippen molar-refractivity contribution in [2.24, 2.45) is 5.73 Å². The Morgan fingerprint density at radius 3 is 2.93 bits per heavy atom. The molecule has 2 N–H and O–H groups in total. The van der Waals surface area contributed by atoms with Crippen LogP contribution in [0.15, 0.2) is 5.38 Å². The van der Waals surface area contributed by atoms with Crippen LogP contribution >= 0.6 is 11.3 Å². The number of hydrogen-bond acceptors (Lipinski definition) is 4. The molecule has 3 nitrogen and oxygen atoms in total. The maximum absolute atomic E-state index is 5.56. The Balaban J connectivity index is 2.22. The van der Waals surface area contributed by atoms with Crippen LogP contribution in [0.5, 0.6) is 0 Å². The third kappa shape index (κ3) is 1.64. The fraction of sp³-hybridized carbons (Fsp3) is 0.700. The van der Waals surface area contributed by atoms with Crippen molar-refractivity contribution in [1.29, 1.82) is 0 Å². The van der Waals surface area contributed by atoms with Crippen molar-refractivity contribution in [2.75, 3.05) is 11.4 Å². The van der Waals surface area contributed by atoms with Crippen LogP contribution in [0.3, 0.4) is 0 Å². The van der Waals surface area contributed by atoms with Gasteiger partial charge in [-0.1, -0.05) is 0 Å². The highest BCUT2D eigenvalue weighted by Gasteiger charge is 2.33. The van der Waals surface area contributed by atoms with Crippen LogP contribution in [0.25, 0.3) is 0 Å². The average molecular weight is 211 g/mol. The lowest BCUT2D eigenvalue weighted by Gasteiger charge is -2.31. The van der Waals surface area contributed by atoms with Gasteiger partial charge >= 0.3 is 0 Å². The van der Waals surface area contributed by atoms with Gasteiger partial charge in [-0.05, 0) is 26.7 Å². The number of rotatable bonds is 2. The minimum absolute atomic E-state index is 0.268. The highest BCUT2D eigenvalue weighted by atomic mass is 32.1. The summed E-state index contributed by atoms with van der Waals surface area (Å²) in [4.78, 5) is 6.93. The van der Waals surface area contributed by atoms with Crippen molar-refractivity contribution in [1.82, 2.24) is 4.98 Å². The van der Waals surface area contributed by atoms with E-state index in [9.17, 15) is 0 Å². The maximum Gasteiger partial charge on any atom is 0.185 e. The predicted molar refractivity (Wildman–Crippen MR) is 60.7 cm³/mol. The molecule has 1 saturated heterocycles. The molecule has 0 amide bonds. The first-order chi connectivity index (χ1) is 6.63. The number of anilines is 1. The second-order valence-electron chi connectivity index (χ2n) is 4.39. The number of aromatic nitrogens is 1. The highest BCUT2D eigenvalue weighted by molar-refractivity contribution is 7.13. The predicted octanol–water partition coefficient (Wildman–Crippen LogP) is 1.98. The molecule has 1 aromatic heterocycles. The molecule has 1 fully saturated rings. The number of thiazole rings is 1. The van der Waals surface area contributed by atoms with E-state index in [1.54, 1.807) is 11.3 Å². The summed E-state index contributed by atoms with van der Waals surface area (Å²) < 4.78 is 0. The summed E-state index contributed by atoms with van der Waals surface area (Å²) in [7, 11) is 0. The van der Waals surface area contributed by atoms with Crippen molar-refractivity contribution in [3.63, 3.8) is 0 Å². The van der Waals surface area contributed by atoms with E-state index >= 15 is 0 Å². The Bertz CT molecular complexity index is 319. The van der Waals surface area contributed by atoms with E-state index in [4.69, 9.17) is 5.73 Å². The van der Waals surface area contributed by atoms with Gasteiger partial charge in [0, 0.05) is 24.0 Å². The average Bonchev–Trinajstić information content (AvgIpc) is 2.70. The highest BCUT2D eigenvalue weighted by Crippen LogP contribution is 2.35. The topological polar surface area (TPSA) is 42.2 Å². The first-order valence-electron chi connectivity index (χ1n) is 5.05. The Hall–Kier alpha value is -0.610. The van der Waals surface area contributed by atoms with Crippen molar-refractivity contribution in [3.05, 3.63) is 11.1 Å². The Kier molecular flexibility index (Phi) is 2.49. The summed E-state index contributed by atoms with van der Waals surface area (Å²) in [6.07, 6.45) is 2.52. The van der Waals surface area contributed by atoms with Crippen LogP contribution in [-0.2, 0) is 6.54 Å². The lowest BCUT2D eigenvalue weighted by atomic mass is 10.0. The third-order valence-corrected chi connectivity index (χ3v) is 3.79. The molecule has 0 saturated carbocycles. The fourth-order valence-electron chi connectivity index (χ4n) is 1.98. The summed E-state index contributed by atoms with van der Waals surface area (Å²) in [5.74, 6) is 0. The molecule has 1 aliphatic rings. The van der Waals surface area contributed by atoms with Crippen LogP contribution in [0.4, 0.5) is 5.13 Å². The molecule has 0 radical (unpaired) electrons. The van der Waals surface area contributed by atoms with E-state index in [1.807, 2.05) is 0 Å². The third-order valence-electron chi connectivity index (χ3n) is 2.88. The molecule has 2 rings (SSSR count). The number of hydrogen-bond donors (Lipinski definition) is 1. The molecule has 4 heteroatoms. The van der Waals surface area contributed by atoms with Gasteiger partial charge in [0.1, 0.15) is 0 Å². The van der Waals surface area contributed by atoms with Gasteiger partial charge in [0.25, 0.3) is 0 Å².